The lowest BCUT2D eigenvalue weighted by molar-refractivity contribution is -0.120. The van der Waals surface area contributed by atoms with Crippen LogP contribution in [-0.2, 0) is 17.0 Å². The van der Waals surface area contributed by atoms with Gasteiger partial charge in [0.2, 0.25) is 5.91 Å². The fourth-order valence-corrected chi connectivity index (χ4v) is 1.95. The Morgan fingerprint density at radius 1 is 1.31 bits per heavy atom. The fourth-order valence-electron chi connectivity index (χ4n) is 1.24. The fraction of sp³-hybridized carbons (Fsp3) is 0.364. The van der Waals surface area contributed by atoms with E-state index in [-0.39, 0.29) is 12.5 Å². The van der Waals surface area contributed by atoms with Gasteiger partial charge in [-0.2, -0.15) is 11.8 Å². The molecular weight excluding hydrogens is 224 g/mol. The third kappa shape index (κ3) is 4.65. The van der Waals surface area contributed by atoms with Crippen LogP contribution in [0, 0.1) is 0 Å². The molecule has 0 spiro atoms. The predicted octanol–water partition coefficient (Wildman–Crippen LogP) is 0.444. The molecule has 0 aromatic heterocycles. The summed E-state index contributed by atoms with van der Waals surface area (Å²) in [7, 11) is 0. The molecule has 1 aromatic carbocycles. The molecule has 16 heavy (non-hydrogen) atoms. The van der Waals surface area contributed by atoms with Crippen molar-refractivity contribution in [1.82, 2.24) is 5.43 Å². The van der Waals surface area contributed by atoms with E-state index in [2.05, 4.69) is 5.43 Å². The Hall–Kier alpha value is -1.04. The highest BCUT2D eigenvalue weighted by Crippen LogP contribution is 2.12. The van der Waals surface area contributed by atoms with E-state index in [9.17, 15) is 4.79 Å². The zero-order valence-corrected chi connectivity index (χ0v) is 9.80. The Balaban J connectivity index is 2.44. The molecule has 0 bridgehead atoms. The summed E-state index contributed by atoms with van der Waals surface area (Å²) in [6.07, 6.45) is 0.306. The van der Waals surface area contributed by atoms with Gasteiger partial charge >= 0.3 is 0 Å². The Kier molecular flexibility index (Phi) is 5.92. The number of hydrogen-bond acceptors (Lipinski definition) is 4. The maximum Gasteiger partial charge on any atom is 0.238 e. The Bertz CT molecular complexity index is 327. The van der Waals surface area contributed by atoms with E-state index in [1.165, 1.54) is 5.56 Å². The number of rotatable bonds is 6. The summed E-state index contributed by atoms with van der Waals surface area (Å²) < 4.78 is 0. The number of aliphatic hydroxyl groups excluding tert-OH is 1. The quantitative estimate of drug-likeness (QED) is 0.292. The van der Waals surface area contributed by atoms with E-state index in [4.69, 9.17) is 10.9 Å². The molecule has 0 aliphatic heterocycles. The number of amides is 1. The molecule has 0 heterocycles. The van der Waals surface area contributed by atoms with Crippen molar-refractivity contribution in [2.45, 2.75) is 12.2 Å². The molecule has 0 radical (unpaired) electrons. The Morgan fingerprint density at radius 3 is 2.50 bits per heavy atom. The smallest absolute Gasteiger partial charge is 0.238 e. The van der Waals surface area contributed by atoms with Crippen LogP contribution in [0.2, 0.25) is 0 Å². The van der Waals surface area contributed by atoms with Gasteiger partial charge in [0, 0.05) is 11.5 Å². The van der Waals surface area contributed by atoms with Crippen molar-refractivity contribution in [3.63, 3.8) is 0 Å². The lowest BCUT2D eigenvalue weighted by atomic mass is 10.1. The molecule has 4 nitrogen and oxygen atoms in total. The van der Waals surface area contributed by atoms with E-state index in [1.807, 2.05) is 24.3 Å². The van der Waals surface area contributed by atoms with Gasteiger partial charge in [0.05, 0.1) is 13.0 Å². The second-order valence-corrected chi connectivity index (χ2v) is 4.44. The summed E-state index contributed by atoms with van der Waals surface area (Å²) in [5, 5.41) is 8.64. The molecule has 0 fully saturated rings. The minimum Gasteiger partial charge on any atom is -0.396 e. The number of carbonyl (C=O) groups excluding carboxylic acids is 1. The van der Waals surface area contributed by atoms with Crippen molar-refractivity contribution in [3.8, 4) is 0 Å². The normalized spacial score (nSPS) is 10.1. The zero-order valence-electron chi connectivity index (χ0n) is 8.98. The molecule has 0 atom stereocenters. The van der Waals surface area contributed by atoms with Crippen LogP contribution in [0.4, 0.5) is 0 Å². The highest BCUT2D eigenvalue weighted by molar-refractivity contribution is 7.98. The van der Waals surface area contributed by atoms with Crippen LogP contribution < -0.4 is 11.3 Å². The van der Waals surface area contributed by atoms with Crippen molar-refractivity contribution in [2.24, 2.45) is 5.84 Å². The summed E-state index contributed by atoms with van der Waals surface area (Å²) >= 11 is 1.68. The average molecular weight is 240 g/mol. The second kappa shape index (κ2) is 7.27. The van der Waals surface area contributed by atoms with Crippen LogP contribution in [0.15, 0.2) is 24.3 Å². The Labute approximate surface area is 99.2 Å². The first-order chi connectivity index (χ1) is 7.76. The van der Waals surface area contributed by atoms with Crippen LogP contribution in [-0.4, -0.2) is 23.4 Å². The lowest BCUT2D eigenvalue weighted by Gasteiger charge is -2.03. The SMILES string of the molecule is NNC(=O)Cc1ccc(CSCCO)cc1. The van der Waals surface area contributed by atoms with E-state index in [1.54, 1.807) is 11.8 Å². The predicted molar refractivity (Wildman–Crippen MR) is 65.7 cm³/mol. The van der Waals surface area contributed by atoms with Gasteiger partial charge < -0.3 is 5.11 Å². The van der Waals surface area contributed by atoms with Gasteiger partial charge in [0.1, 0.15) is 0 Å². The van der Waals surface area contributed by atoms with Crippen molar-refractivity contribution in [2.75, 3.05) is 12.4 Å². The van der Waals surface area contributed by atoms with Crippen LogP contribution >= 0.6 is 11.8 Å². The summed E-state index contributed by atoms with van der Waals surface area (Å²) in [5.74, 6) is 6.44. The van der Waals surface area contributed by atoms with E-state index in [0.29, 0.717) is 6.42 Å². The summed E-state index contributed by atoms with van der Waals surface area (Å²) in [4.78, 5) is 11.0. The number of aliphatic hydroxyl groups is 1. The summed E-state index contributed by atoms with van der Waals surface area (Å²) in [5.41, 5.74) is 4.23. The molecule has 0 saturated carbocycles. The number of hydrogen-bond donors (Lipinski definition) is 3. The minimum absolute atomic E-state index is 0.192. The molecule has 0 aliphatic rings. The highest BCUT2D eigenvalue weighted by Gasteiger charge is 2.01. The van der Waals surface area contributed by atoms with Gasteiger partial charge in [-0.1, -0.05) is 24.3 Å². The number of nitrogens with two attached hydrogens (primary N) is 1. The van der Waals surface area contributed by atoms with Gasteiger partial charge in [-0.3, -0.25) is 10.2 Å². The van der Waals surface area contributed by atoms with Crippen molar-refractivity contribution < 1.29 is 9.90 Å². The zero-order chi connectivity index (χ0) is 11.8. The monoisotopic (exact) mass is 240 g/mol. The van der Waals surface area contributed by atoms with E-state index < -0.39 is 0 Å². The molecule has 1 aromatic rings. The van der Waals surface area contributed by atoms with Gasteiger partial charge in [-0.05, 0) is 11.1 Å². The van der Waals surface area contributed by atoms with Crippen LogP contribution in [0.1, 0.15) is 11.1 Å². The molecule has 1 rings (SSSR count). The standard InChI is InChI=1S/C11H16N2O2S/c12-13-11(15)7-9-1-3-10(4-2-9)8-16-6-5-14/h1-4,14H,5-8,12H2,(H,13,15). The maximum absolute atomic E-state index is 11.0. The second-order valence-electron chi connectivity index (χ2n) is 3.34. The molecule has 1 amide bonds. The largest absolute Gasteiger partial charge is 0.396 e. The van der Waals surface area contributed by atoms with Gasteiger partial charge in [0.15, 0.2) is 0 Å². The van der Waals surface area contributed by atoms with Gasteiger partial charge in [-0.15, -0.1) is 0 Å². The number of carbonyl (C=O) groups is 1. The van der Waals surface area contributed by atoms with Crippen LogP contribution in [0.5, 0.6) is 0 Å². The van der Waals surface area contributed by atoms with Gasteiger partial charge in [0.25, 0.3) is 0 Å². The first-order valence-corrected chi connectivity index (χ1v) is 6.17. The van der Waals surface area contributed by atoms with Gasteiger partial charge in [-0.25, -0.2) is 5.84 Å². The molecule has 0 aliphatic carbocycles. The first kappa shape index (κ1) is 13.0. The number of hydrazine groups is 1. The van der Waals surface area contributed by atoms with Crippen molar-refractivity contribution in [3.05, 3.63) is 35.4 Å². The third-order valence-electron chi connectivity index (χ3n) is 2.05. The van der Waals surface area contributed by atoms with Crippen LogP contribution in [0.25, 0.3) is 0 Å². The Morgan fingerprint density at radius 2 is 1.94 bits per heavy atom. The van der Waals surface area contributed by atoms with Crippen molar-refractivity contribution in [1.29, 1.82) is 0 Å². The molecule has 4 N–H and O–H groups in total. The average Bonchev–Trinajstić information content (AvgIpc) is 2.31. The molecular formula is C11H16N2O2S. The minimum atomic E-state index is -0.192. The molecule has 88 valence electrons. The number of nitrogens with one attached hydrogen (secondary N) is 1. The van der Waals surface area contributed by atoms with Crippen molar-refractivity contribution >= 4 is 17.7 Å². The first-order valence-electron chi connectivity index (χ1n) is 5.02. The van der Waals surface area contributed by atoms with E-state index in [0.717, 1.165) is 17.1 Å². The van der Waals surface area contributed by atoms with Crippen LogP contribution in [0.3, 0.4) is 0 Å². The molecule has 5 heteroatoms. The number of thioether (sulfide) groups is 1. The lowest BCUT2D eigenvalue weighted by Crippen LogP contribution is -2.31. The number of benzene rings is 1. The summed E-state index contributed by atoms with van der Waals surface area (Å²) in [6.45, 7) is 0.208. The third-order valence-corrected chi connectivity index (χ3v) is 3.06. The molecule has 0 saturated heterocycles. The summed E-state index contributed by atoms with van der Waals surface area (Å²) in [6, 6.07) is 7.82. The molecule has 0 unspecified atom stereocenters. The maximum atomic E-state index is 11.0. The topological polar surface area (TPSA) is 75.3 Å². The van der Waals surface area contributed by atoms with E-state index >= 15 is 0 Å². The highest BCUT2D eigenvalue weighted by atomic mass is 32.2.